The molecule has 5 N–H and O–H groups in total. The molecule has 0 aromatic carbocycles. The van der Waals surface area contributed by atoms with Gasteiger partial charge in [-0.2, -0.15) is 0 Å². The van der Waals surface area contributed by atoms with E-state index < -0.39 is 12.0 Å². The first-order valence-corrected chi connectivity index (χ1v) is 4.85. The van der Waals surface area contributed by atoms with Gasteiger partial charge < -0.3 is 16.6 Å². The third kappa shape index (κ3) is 7.69. The molecular formula is C10H19N3O2. The number of amidine groups is 1. The van der Waals surface area contributed by atoms with E-state index >= 15 is 0 Å². The predicted molar refractivity (Wildman–Crippen MR) is 60.8 cm³/mol. The second kappa shape index (κ2) is 7.00. The normalized spacial score (nSPS) is 15.1. The molecule has 0 rings (SSSR count). The molecule has 0 saturated heterocycles. The Balaban J connectivity index is 3.88. The second-order valence-electron chi connectivity index (χ2n) is 3.50. The number of carboxylic acid groups (broad SMARTS) is 1. The zero-order chi connectivity index (χ0) is 11.8. The van der Waals surface area contributed by atoms with Crippen molar-refractivity contribution in [2.24, 2.45) is 16.5 Å². The highest BCUT2D eigenvalue weighted by Crippen LogP contribution is 2.04. The second-order valence-corrected chi connectivity index (χ2v) is 3.50. The molecule has 5 heteroatoms. The van der Waals surface area contributed by atoms with Crippen LogP contribution in [0.25, 0.3) is 0 Å². The maximum Gasteiger partial charge on any atom is 0.324 e. The fourth-order valence-electron chi connectivity index (χ4n) is 1.07. The largest absolute Gasteiger partial charge is 0.480 e. The molecule has 0 fully saturated rings. The summed E-state index contributed by atoms with van der Waals surface area (Å²) in [6.45, 7) is 4.26. The van der Waals surface area contributed by atoms with Crippen molar-refractivity contribution in [3.8, 4) is 0 Å². The number of hydrogen-bond acceptors (Lipinski definition) is 3. The number of aliphatic imine (C=N–C) groups is 1. The van der Waals surface area contributed by atoms with Crippen LogP contribution < -0.4 is 11.5 Å². The van der Waals surface area contributed by atoms with Crippen molar-refractivity contribution < 1.29 is 9.90 Å². The Morgan fingerprint density at radius 1 is 1.53 bits per heavy atom. The van der Waals surface area contributed by atoms with E-state index in [1.54, 1.807) is 13.0 Å². The van der Waals surface area contributed by atoms with E-state index in [0.717, 1.165) is 18.4 Å². The highest BCUT2D eigenvalue weighted by atomic mass is 16.4. The van der Waals surface area contributed by atoms with Gasteiger partial charge in [-0.25, -0.2) is 0 Å². The molecule has 15 heavy (non-hydrogen) atoms. The van der Waals surface area contributed by atoms with E-state index in [9.17, 15) is 4.79 Å². The number of nitrogens with two attached hydrogens (primary N) is 2. The molecular weight excluding hydrogens is 194 g/mol. The number of rotatable bonds is 6. The van der Waals surface area contributed by atoms with E-state index in [1.165, 1.54) is 0 Å². The number of hydrogen-bond donors (Lipinski definition) is 3. The summed E-state index contributed by atoms with van der Waals surface area (Å²) in [7, 11) is 0. The van der Waals surface area contributed by atoms with Crippen LogP contribution in [0.1, 0.15) is 26.7 Å². The van der Waals surface area contributed by atoms with Crippen LogP contribution in [-0.2, 0) is 4.79 Å². The number of carboxylic acids is 1. The van der Waals surface area contributed by atoms with Gasteiger partial charge in [0.05, 0.1) is 5.84 Å². The molecule has 1 unspecified atom stereocenters. The number of nitrogens with zero attached hydrogens (tertiary/aromatic N) is 1. The van der Waals surface area contributed by atoms with E-state index in [4.69, 9.17) is 16.6 Å². The van der Waals surface area contributed by atoms with Crippen molar-refractivity contribution in [2.75, 3.05) is 6.54 Å². The van der Waals surface area contributed by atoms with Gasteiger partial charge in [0.25, 0.3) is 0 Å². The van der Waals surface area contributed by atoms with Crippen molar-refractivity contribution >= 4 is 11.8 Å². The quantitative estimate of drug-likeness (QED) is 0.259. The van der Waals surface area contributed by atoms with Crippen molar-refractivity contribution in [1.82, 2.24) is 0 Å². The van der Waals surface area contributed by atoms with Crippen LogP contribution in [-0.4, -0.2) is 29.5 Å². The molecule has 5 nitrogen and oxygen atoms in total. The average Bonchev–Trinajstić information content (AvgIpc) is 2.12. The Morgan fingerprint density at radius 2 is 2.13 bits per heavy atom. The predicted octanol–water partition coefficient (Wildman–Crippen LogP) is 0.502. The molecule has 0 aromatic heterocycles. The van der Waals surface area contributed by atoms with Gasteiger partial charge in [0, 0.05) is 6.54 Å². The monoisotopic (exact) mass is 213 g/mol. The Labute approximate surface area is 89.9 Å². The molecule has 1 atom stereocenters. The lowest BCUT2D eigenvalue weighted by molar-refractivity contribution is -0.137. The fraction of sp³-hybridized carbons (Fsp3) is 0.600. The van der Waals surface area contributed by atoms with Gasteiger partial charge in [-0.15, -0.1) is 0 Å². The first kappa shape index (κ1) is 13.6. The smallest absolute Gasteiger partial charge is 0.324 e. The van der Waals surface area contributed by atoms with Crippen LogP contribution in [0.5, 0.6) is 0 Å². The molecule has 0 amide bonds. The van der Waals surface area contributed by atoms with Crippen molar-refractivity contribution in [3.63, 3.8) is 0 Å². The van der Waals surface area contributed by atoms with Crippen molar-refractivity contribution in [3.05, 3.63) is 11.6 Å². The van der Waals surface area contributed by atoms with Crippen LogP contribution in [0.2, 0.25) is 0 Å². The molecule has 0 spiro atoms. The molecule has 86 valence electrons. The van der Waals surface area contributed by atoms with Gasteiger partial charge in [0.15, 0.2) is 0 Å². The Morgan fingerprint density at radius 3 is 2.60 bits per heavy atom. The lowest BCUT2D eigenvalue weighted by Crippen LogP contribution is -2.27. The zero-order valence-electron chi connectivity index (χ0n) is 9.23. The fourth-order valence-corrected chi connectivity index (χ4v) is 1.07. The number of carbonyl (C=O) groups is 1. The maximum atomic E-state index is 10.4. The molecule has 0 heterocycles. The molecule has 0 aliphatic carbocycles. The van der Waals surface area contributed by atoms with Gasteiger partial charge in [-0.05, 0) is 26.7 Å². The van der Waals surface area contributed by atoms with Gasteiger partial charge >= 0.3 is 5.97 Å². The highest BCUT2D eigenvalue weighted by molar-refractivity contribution is 5.77. The third-order valence-electron chi connectivity index (χ3n) is 1.84. The molecule has 0 bridgehead atoms. The minimum atomic E-state index is -1.01. The van der Waals surface area contributed by atoms with Crippen LogP contribution >= 0.6 is 0 Å². The van der Waals surface area contributed by atoms with Crippen LogP contribution in [0.15, 0.2) is 16.6 Å². The summed E-state index contributed by atoms with van der Waals surface area (Å²) in [4.78, 5) is 14.5. The van der Waals surface area contributed by atoms with E-state index in [-0.39, 0.29) is 0 Å². The lowest BCUT2D eigenvalue weighted by atomic mass is 10.1. The summed E-state index contributed by atoms with van der Waals surface area (Å²) in [5.74, 6) is -0.441. The van der Waals surface area contributed by atoms with Crippen LogP contribution in [0, 0.1) is 0 Å². The van der Waals surface area contributed by atoms with Crippen molar-refractivity contribution in [2.45, 2.75) is 32.7 Å². The first-order valence-electron chi connectivity index (χ1n) is 4.85. The summed E-state index contributed by atoms with van der Waals surface area (Å²) in [6.07, 6.45) is 3.20. The lowest BCUT2D eigenvalue weighted by Gasteiger charge is -2.03. The number of allylic oxidation sites excluding steroid dienone is 1. The zero-order valence-corrected chi connectivity index (χ0v) is 9.23. The van der Waals surface area contributed by atoms with E-state index in [1.807, 2.05) is 6.92 Å². The summed E-state index contributed by atoms with van der Waals surface area (Å²) >= 11 is 0. The van der Waals surface area contributed by atoms with Gasteiger partial charge in [0.1, 0.15) is 6.04 Å². The molecule has 0 saturated carbocycles. The summed E-state index contributed by atoms with van der Waals surface area (Å²) in [5, 5.41) is 8.57. The minimum Gasteiger partial charge on any atom is -0.480 e. The molecule has 0 radical (unpaired) electrons. The molecule has 0 aromatic rings. The Hall–Kier alpha value is -1.36. The SMILES string of the molecule is CC(=CC(N)C(=O)O)CCCN=C(C)N. The number of aliphatic carboxylic acids is 1. The summed E-state index contributed by atoms with van der Waals surface area (Å²) < 4.78 is 0. The Kier molecular flexibility index (Phi) is 6.37. The summed E-state index contributed by atoms with van der Waals surface area (Å²) in [6, 6.07) is -0.912. The first-order chi connectivity index (χ1) is 6.93. The van der Waals surface area contributed by atoms with E-state index in [0.29, 0.717) is 12.4 Å². The maximum absolute atomic E-state index is 10.4. The topological polar surface area (TPSA) is 102 Å². The Bertz CT molecular complexity index is 268. The standard InChI is InChI=1S/C10H19N3O2/c1-7(6-9(12)10(14)15)4-3-5-13-8(2)11/h6,9H,3-5,12H2,1-2H3,(H2,11,13)(H,14,15). The van der Waals surface area contributed by atoms with Crippen molar-refractivity contribution in [1.29, 1.82) is 0 Å². The summed E-state index contributed by atoms with van der Waals surface area (Å²) in [5.41, 5.74) is 11.7. The molecule has 0 aliphatic rings. The van der Waals surface area contributed by atoms with Gasteiger partial charge in [-0.1, -0.05) is 11.6 Å². The van der Waals surface area contributed by atoms with E-state index in [2.05, 4.69) is 4.99 Å². The minimum absolute atomic E-state index is 0.568. The van der Waals surface area contributed by atoms with Gasteiger partial charge in [0.2, 0.25) is 0 Å². The average molecular weight is 213 g/mol. The van der Waals surface area contributed by atoms with Crippen LogP contribution in [0.3, 0.4) is 0 Å². The molecule has 0 aliphatic heterocycles. The third-order valence-corrected chi connectivity index (χ3v) is 1.84. The van der Waals surface area contributed by atoms with Crippen LogP contribution in [0.4, 0.5) is 0 Å². The highest BCUT2D eigenvalue weighted by Gasteiger charge is 2.07. The van der Waals surface area contributed by atoms with Gasteiger partial charge in [-0.3, -0.25) is 9.79 Å².